The van der Waals surface area contributed by atoms with Gasteiger partial charge in [0, 0.05) is 32.5 Å². The zero-order valence-corrected chi connectivity index (χ0v) is 16.2. The number of imidazole rings is 2. The molecule has 27 heavy (non-hydrogen) atoms. The van der Waals surface area contributed by atoms with Crippen LogP contribution < -0.4 is 5.32 Å². The molecule has 2 fully saturated rings. The Morgan fingerprint density at radius 1 is 1.15 bits per heavy atom. The zero-order valence-electron chi connectivity index (χ0n) is 16.2. The second kappa shape index (κ2) is 6.46. The molecule has 6 heteroatoms. The van der Waals surface area contributed by atoms with Crippen LogP contribution in [0.5, 0.6) is 0 Å². The molecule has 1 saturated heterocycles. The summed E-state index contributed by atoms with van der Waals surface area (Å²) in [5.74, 6) is 2.27. The van der Waals surface area contributed by atoms with Gasteiger partial charge in [0.1, 0.15) is 11.6 Å². The van der Waals surface area contributed by atoms with E-state index in [1.54, 1.807) is 0 Å². The van der Waals surface area contributed by atoms with Crippen molar-refractivity contribution in [3.05, 3.63) is 48.3 Å². The first-order chi connectivity index (χ1) is 13.2. The fraction of sp³-hybridized carbons (Fsp3) is 0.524. The summed E-state index contributed by atoms with van der Waals surface area (Å²) in [7, 11) is 4.22. The van der Waals surface area contributed by atoms with E-state index < -0.39 is 0 Å². The molecule has 3 heterocycles. The van der Waals surface area contributed by atoms with Crippen molar-refractivity contribution in [3.8, 4) is 0 Å². The van der Waals surface area contributed by atoms with Gasteiger partial charge in [-0.1, -0.05) is 12.1 Å². The van der Waals surface area contributed by atoms with Gasteiger partial charge in [-0.25, -0.2) is 9.97 Å². The van der Waals surface area contributed by atoms with Crippen molar-refractivity contribution in [2.24, 2.45) is 19.5 Å². The average Bonchev–Trinajstić information content (AvgIpc) is 3.04. The number of nitrogens with one attached hydrogen (secondary N) is 1. The molecule has 5 rings (SSSR count). The van der Waals surface area contributed by atoms with Crippen LogP contribution in [0.3, 0.4) is 0 Å². The molecule has 1 saturated carbocycles. The van der Waals surface area contributed by atoms with Crippen molar-refractivity contribution < 1.29 is 0 Å². The lowest BCUT2D eigenvalue weighted by Crippen LogP contribution is -2.36. The third kappa shape index (κ3) is 2.97. The van der Waals surface area contributed by atoms with Gasteiger partial charge in [0.2, 0.25) is 0 Å². The van der Waals surface area contributed by atoms with Gasteiger partial charge < -0.3 is 14.5 Å². The Labute approximate surface area is 160 Å². The predicted molar refractivity (Wildman–Crippen MR) is 106 cm³/mol. The highest BCUT2D eigenvalue weighted by molar-refractivity contribution is 5.75. The van der Waals surface area contributed by atoms with Gasteiger partial charge in [-0.2, -0.15) is 0 Å². The minimum atomic E-state index is 0.501. The van der Waals surface area contributed by atoms with Crippen molar-refractivity contribution in [3.63, 3.8) is 0 Å². The first-order valence-electron chi connectivity index (χ1n) is 9.98. The lowest BCUT2D eigenvalue weighted by Gasteiger charge is -2.29. The fourth-order valence-electron chi connectivity index (χ4n) is 4.83. The third-order valence-electron chi connectivity index (χ3n) is 6.68. The van der Waals surface area contributed by atoms with Crippen LogP contribution in [0.2, 0.25) is 0 Å². The highest BCUT2D eigenvalue weighted by atomic mass is 15.3. The lowest BCUT2D eigenvalue weighted by atomic mass is 9.93. The predicted octanol–water partition coefficient (Wildman–Crippen LogP) is 2.45. The Morgan fingerprint density at radius 3 is 2.67 bits per heavy atom. The van der Waals surface area contributed by atoms with E-state index in [4.69, 9.17) is 4.98 Å². The molecule has 1 aliphatic carbocycles. The second-order valence-electron chi connectivity index (χ2n) is 8.27. The Hall–Kier alpha value is -2.18. The molecule has 0 amide bonds. The van der Waals surface area contributed by atoms with Crippen LogP contribution in [-0.2, 0) is 27.2 Å². The minimum absolute atomic E-state index is 0.501. The molecule has 0 radical (unpaired) electrons. The van der Waals surface area contributed by atoms with Crippen LogP contribution in [0.4, 0.5) is 0 Å². The van der Waals surface area contributed by atoms with Gasteiger partial charge in [0.25, 0.3) is 0 Å². The smallest absolute Gasteiger partial charge is 0.123 e. The first-order valence-corrected chi connectivity index (χ1v) is 9.98. The maximum atomic E-state index is 4.93. The van der Waals surface area contributed by atoms with Gasteiger partial charge in [-0.3, -0.25) is 4.90 Å². The molecule has 6 nitrogen and oxygen atoms in total. The normalized spacial score (nSPS) is 21.4. The lowest BCUT2D eigenvalue weighted by molar-refractivity contribution is 0.178. The molecule has 2 aromatic heterocycles. The SMILES string of the molecule is Cn1ccnc1CN(Cc1nc2ccccc2n1C)[C@@H]1CC12CCNCC2. The Bertz CT molecular complexity index is 949. The summed E-state index contributed by atoms with van der Waals surface area (Å²) in [6.07, 6.45) is 7.82. The quantitative estimate of drug-likeness (QED) is 0.756. The molecule has 0 unspecified atom stereocenters. The number of hydrogen-bond acceptors (Lipinski definition) is 4. The highest BCUT2D eigenvalue weighted by Gasteiger charge is 2.56. The summed E-state index contributed by atoms with van der Waals surface area (Å²) in [5, 5.41) is 3.52. The van der Waals surface area contributed by atoms with Crippen LogP contribution >= 0.6 is 0 Å². The van der Waals surface area contributed by atoms with Gasteiger partial charge in [0.15, 0.2) is 0 Å². The maximum Gasteiger partial charge on any atom is 0.123 e. The average molecular weight is 364 g/mol. The van der Waals surface area contributed by atoms with Crippen molar-refractivity contribution in [1.82, 2.24) is 29.3 Å². The standard InChI is InChI=1S/C21H28N6/c1-25-12-11-23-19(25)14-27(18-13-21(18)7-9-22-10-8-21)15-20-24-16-5-3-4-6-17(16)26(20)2/h3-6,11-12,18,22H,7-10,13-15H2,1-2H3/t18-/m1/s1. The van der Waals surface area contributed by atoms with E-state index in [1.807, 2.05) is 12.4 Å². The largest absolute Gasteiger partial charge is 0.337 e. The van der Waals surface area contributed by atoms with Crippen LogP contribution in [0, 0.1) is 5.41 Å². The number of nitrogens with zero attached hydrogens (tertiary/aromatic N) is 5. The summed E-state index contributed by atoms with van der Waals surface area (Å²) in [6, 6.07) is 9.05. The molecular weight excluding hydrogens is 336 g/mol. The number of aromatic nitrogens is 4. The maximum absolute atomic E-state index is 4.93. The number of piperidine rings is 1. The second-order valence-corrected chi connectivity index (χ2v) is 8.27. The topological polar surface area (TPSA) is 50.9 Å². The van der Waals surface area contributed by atoms with Gasteiger partial charge in [0.05, 0.1) is 24.1 Å². The molecule has 1 aliphatic heterocycles. The molecule has 1 N–H and O–H groups in total. The number of aryl methyl sites for hydroxylation is 2. The van der Waals surface area contributed by atoms with Gasteiger partial charge in [-0.05, 0) is 49.9 Å². The van der Waals surface area contributed by atoms with Crippen molar-refractivity contribution in [1.29, 1.82) is 0 Å². The van der Waals surface area contributed by atoms with E-state index in [-0.39, 0.29) is 0 Å². The van der Waals surface area contributed by atoms with Crippen molar-refractivity contribution in [2.75, 3.05) is 13.1 Å². The van der Waals surface area contributed by atoms with Gasteiger partial charge >= 0.3 is 0 Å². The fourth-order valence-corrected chi connectivity index (χ4v) is 4.83. The molecule has 2 aliphatic rings. The van der Waals surface area contributed by atoms with E-state index in [1.165, 1.54) is 24.8 Å². The molecule has 1 spiro atoms. The van der Waals surface area contributed by atoms with Crippen LogP contribution in [0.15, 0.2) is 36.7 Å². The Kier molecular flexibility index (Phi) is 4.06. The molecule has 3 aromatic rings. The number of hydrogen-bond donors (Lipinski definition) is 1. The number of fused-ring (bicyclic) bond motifs is 1. The summed E-state index contributed by atoms with van der Waals surface area (Å²) in [5.41, 5.74) is 2.79. The monoisotopic (exact) mass is 364 g/mol. The van der Waals surface area contributed by atoms with Gasteiger partial charge in [-0.15, -0.1) is 0 Å². The van der Waals surface area contributed by atoms with E-state index in [0.717, 1.165) is 43.3 Å². The third-order valence-corrected chi connectivity index (χ3v) is 6.68. The number of rotatable bonds is 5. The molecule has 1 atom stereocenters. The molecule has 142 valence electrons. The zero-order chi connectivity index (χ0) is 18.4. The summed E-state index contributed by atoms with van der Waals surface area (Å²) in [4.78, 5) is 12.1. The van der Waals surface area contributed by atoms with Crippen LogP contribution in [0.1, 0.15) is 30.9 Å². The summed E-state index contributed by atoms with van der Waals surface area (Å²) >= 11 is 0. The van der Waals surface area contributed by atoms with Crippen molar-refractivity contribution in [2.45, 2.75) is 38.4 Å². The number of benzene rings is 1. The van der Waals surface area contributed by atoms with E-state index in [9.17, 15) is 0 Å². The van der Waals surface area contributed by atoms with E-state index in [2.05, 4.69) is 62.7 Å². The Balaban J connectivity index is 1.44. The van der Waals surface area contributed by atoms with Crippen molar-refractivity contribution >= 4 is 11.0 Å². The summed E-state index contributed by atoms with van der Waals surface area (Å²) < 4.78 is 4.39. The van der Waals surface area contributed by atoms with E-state index >= 15 is 0 Å². The first kappa shape index (κ1) is 17.0. The van der Waals surface area contributed by atoms with Crippen LogP contribution in [0.25, 0.3) is 11.0 Å². The minimum Gasteiger partial charge on any atom is -0.337 e. The number of para-hydroxylation sites is 2. The van der Waals surface area contributed by atoms with E-state index in [0.29, 0.717) is 11.5 Å². The summed E-state index contributed by atoms with van der Waals surface area (Å²) in [6.45, 7) is 4.06. The highest BCUT2D eigenvalue weighted by Crippen LogP contribution is 2.56. The van der Waals surface area contributed by atoms with Crippen LogP contribution in [-0.4, -0.2) is 43.1 Å². The Morgan fingerprint density at radius 2 is 1.93 bits per heavy atom. The molecular formula is C21H28N6. The molecule has 0 bridgehead atoms. The molecule has 1 aromatic carbocycles.